The van der Waals surface area contributed by atoms with Crippen molar-refractivity contribution in [2.75, 3.05) is 24.3 Å². The number of nitrogens with one attached hydrogen (secondary N) is 1. The topological polar surface area (TPSA) is 64.3 Å². The fraction of sp³-hybridized carbons (Fsp3) is 0.417. The Hall–Kier alpha value is -1.26. The molecule has 0 bridgehead atoms. The Kier molecular flexibility index (Phi) is 5.80. The molecule has 1 aromatic rings. The Morgan fingerprint density at radius 2 is 2.24 bits per heavy atom. The van der Waals surface area contributed by atoms with Crippen molar-refractivity contribution in [1.29, 1.82) is 0 Å². The zero-order valence-electron chi connectivity index (χ0n) is 9.83. The van der Waals surface area contributed by atoms with Crippen molar-refractivity contribution in [1.82, 2.24) is 0 Å². The Labute approximate surface area is 106 Å². The smallest absolute Gasteiger partial charge is 0.226 e. The summed E-state index contributed by atoms with van der Waals surface area (Å²) >= 11 is 5.76. The molecule has 0 aliphatic heterocycles. The zero-order valence-corrected chi connectivity index (χ0v) is 10.6. The molecule has 0 saturated heterocycles. The number of anilines is 2. The molecule has 17 heavy (non-hydrogen) atoms. The van der Waals surface area contributed by atoms with Gasteiger partial charge in [0.1, 0.15) is 0 Å². The quantitative estimate of drug-likeness (QED) is 0.608. The number of halogens is 1. The highest BCUT2D eigenvalue weighted by Crippen LogP contribution is 2.22. The molecule has 1 amide bonds. The van der Waals surface area contributed by atoms with Gasteiger partial charge in [-0.15, -0.1) is 0 Å². The van der Waals surface area contributed by atoms with Crippen LogP contribution in [-0.2, 0) is 9.53 Å². The largest absolute Gasteiger partial charge is 0.397 e. The first-order valence-electron chi connectivity index (χ1n) is 5.56. The van der Waals surface area contributed by atoms with E-state index in [4.69, 9.17) is 22.1 Å². The number of hydrogen-bond acceptors (Lipinski definition) is 3. The van der Waals surface area contributed by atoms with Crippen LogP contribution < -0.4 is 11.1 Å². The summed E-state index contributed by atoms with van der Waals surface area (Å²) in [5.74, 6) is -0.116. The molecule has 3 N–H and O–H groups in total. The SMILES string of the molecule is CCCOCCC(=O)Nc1ccc(Cl)cc1N. The number of nitrogen functional groups attached to an aromatic ring is 1. The molecule has 5 heteroatoms. The summed E-state index contributed by atoms with van der Waals surface area (Å²) in [7, 11) is 0. The lowest BCUT2D eigenvalue weighted by molar-refractivity contribution is -0.117. The van der Waals surface area contributed by atoms with E-state index in [0.29, 0.717) is 36.0 Å². The lowest BCUT2D eigenvalue weighted by Gasteiger charge is -2.08. The second-order valence-electron chi connectivity index (χ2n) is 3.64. The third kappa shape index (κ3) is 5.06. The molecule has 0 saturated carbocycles. The van der Waals surface area contributed by atoms with E-state index in [1.807, 2.05) is 6.92 Å². The van der Waals surface area contributed by atoms with E-state index in [0.717, 1.165) is 6.42 Å². The van der Waals surface area contributed by atoms with Gasteiger partial charge in [-0.1, -0.05) is 18.5 Å². The summed E-state index contributed by atoms with van der Waals surface area (Å²) in [5, 5.41) is 3.26. The minimum absolute atomic E-state index is 0.116. The number of nitrogens with two attached hydrogens (primary N) is 1. The predicted molar refractivity (Wildman–Crippen MR) is 70.2 cm³/mol. The van der Waals surface area contributed by atoms with Gasteiger partial charge in [0.25, 0.3) is 0 Å². The minimum atomic E-state index is -0.116. The summed E-state index contributed by atoms with van der Waals surface area (Å²) in [6.07, 6.45) is 1.27. The lowest BCUT2D eigenvalue weighted by Crippen LogP contribution is -2.15. The predicted octanol–water partition coefficient (Wildman–Crippen LogP) is 2.68. The second kappa shape index (κ2) is 7.14. The molecule has 0 atom stereocenters. The normalized spacial score (nSPS) is 10.2. The number of ether oxygens (including phenoxy) is 1. The van der Waals surface area contributed by atoms with Gasteiger partial charge in [-0.05, 0) is 24.6 Å². The average molecular weight is 257 g/mol. The Bertz CT molecular complexity index is 383. The van der Waals surface area contributed by atoms with Crippen LogP contribution >= 0.6 is 11.6 Å². The van der Waals surface area contributed by atoms with Gasteiger partial charge in [-0.2, -0.15) is 0 Å². The van der Waals surface area contributed by atoms with E-state index in [-0.39, 0.29) is 5.91 Å². The van der Waals surface area contributed by atoms with E-state index in [1.165, 1.54) is 0 Å². The summed E-state index contributed by atoms with van der Waals surface area (Å²) < 4.78 is 5.23. The molecule has 0 aliphatic carbocycles. The summed E-state index contributed by atoms with van der Waals surface area (Å²) in [4.78, 5) is 11.5. The number of carbonyl (C=O) groups is 1. The molecule has 4 nitrogen and oxygen atoms in total. The maximum Gasteiger partial charge on any atom is 0.226 e. The average Bonchev–Trinajstić information content (AvgIpc) is 2.28. The first kappa shape index (κ1) is 13.8. The molecule has 0 unspecified atom stereocenters. The van der Waals surface area contributed by atoms with E-state index in [9.17, 15) is 4.79 Å². The van der Waals surface area contributed by atoms with E-state index < -0.39 is 0 Å². The van der Waals surface area contributed by atoms with Crippen LogP contribution in [-0.4, -0.2) is 19.1 Å². The van der Waals surface area contributed by atoms with Gasteiger partial charge < -0.3 is 15.8 Å². The van der Waals surface area contributed by atoms with Crippen molar-refractivity contribution >= 4 is 28.9 Å². The van der Waals surface area contributed by atoms with Crippen LogP contribution in [0.25, 0.3) is 0 Å². The third-order valence-corrected chi connectivity index (χ3v) is 2.34. The van der Waals surface area contributed by atoms with Gasteiger partial charge in [0, 0.05) is 11.6 Å². The molecule has 0 heterocycles. The van der Waals surface area contributed by atoms with Gasteiger partial charge in [-0.25, -0.2) is 0 Å². The first-order chi connectivity index (χ1) is 8.13. The molecule has 0 fully saturated rings. The van der Waals surface area contributed by atoms with Gasteiger partial charge in [0.05, 0.1) is 24.4 Å². The molecule has 94 valence electrons. The summed E-state index contributed by atoms with van der Waals surface area (Å²) in [5.41, 5.74) is 6.75. The number of hydrogen-bond donors (Lipinski definition) is 2. The fourth-order valence-corrected chi connectivity index (χ4v) is 1.45. The Morgan fingerprint density at radius 3 is 2.88 bits per heavy atom. The van der Waals surface area contributed by atoms with Gasteiger partial charge in [0.15, 0.2) is 0 Å². The first-order valence-corrected chi connectivity index (χ1v) is 5.94. The number of carbonyl (C=O) groups excluding carboxylic acids is 1. The minimum Gasteiger partial charge on any atom is -0.397 e. The van der Waals surface area contributed by atoms with Crippen molar-refractivity contribution < 1.29 is 9.53 Å². The second-order valence-corrected chi connectivity index (χ2v) is 4.08. The summed E-state index contributed by atoms with van der Waals surface area (Å²) in [6, 6.07) is 4.97. The van der Waals surface area contributed by atoms with Crippen LogP contribution in [0.2, 0.25) is 5.02 Å². The van der Waals surface area contributed by atoms with Gasteiger partial charge in [-0.3, -0.25) is 4.79 Å². The molecule has 0 spiro atoms. The molecule has 0 radical (unpaired) electrons. The maximum atomic E-state index is 11.5. The zero-order chi connectivity index (χ0) is 12.7. The molecule has 0 aromatic heterocycles. The maximum absolute atomic E-state index is 11.5. The highest BCUT2D eigenvalue weighted by Gasteiger charge is 2.05. The Balaban J connectivity index is 2.40. The van der Waals surface area contributed by atoms with E-state index in [1.54, 1.807) is 18.2 Å². The van der Waals surface area contributed by atoms with Crippen molar-refractivity contribution in [3.8, 4) is 0 Å². The molecule has 1 rings (SSSR count). The van der Waals surface area contributed by atoms with Crippen LogP contribution in [0.3, 0.4) is 0 Å². The number of rotatable bonds is 6. The van der Waals surface area contributed by atoms with Crippen LogP contribution in [0.1, 0.15) is 19.8 Å². The van der Waals surface area contributed by atoms with Crippen LogP contribution in [0.15, 0.2) is 18.2 Å². The van der Waals surface area contributed by atoms with Crippen LogP contribution in [0.4, 0.5) is 11.4 Å². The summed E-state index contributed by atoms with van der Waals surface area (Å²) in [6.45, 7) is 3.12. The standard InChI is InChI=1S/C12H17ClN2O2/c1-2-6-17-7-5-12(16)15-11-4-3-9(13)8-10(11)14/h3-4,8H,2,5-7,14H2,1H3,(H,15,16). The fourth-order valence-electron chi connectivity index (χ4n) is 1.27. The van der Waals surface area contributed by atoms with Crippen LogP contribution in [0.5, 0.6) is 0 Å². The van der Waals surface area contributed by atoms with E-state index >= 15 is 0 Å². The molecule has 1 aromatic carbocycles. The number of amides is 1. The van der Waals surface area contributed by atoms with Crippen molar-refractivity contribution in [2.45, 2.75) is 19.8 Å². The van der Waals surface area contributed by atoms with Crippen molar-refractivity contribution in [3.63, 3.8) is 0 Å². The van der Waals surface area contributed by atoms with Crippen molar-refractivity contribution in [3.05, 3.63) is 23.2 Å². The highest BCUT2D eigenvalue weighted by molar-refractivity contribution is 6.31. The molecular formula is C12H17ClN2O2. The van der Waals surface area contributed by atoms with Crippen LogP contribution in [0, 0.1) is 0 Å². The highest BCUT2D eigenvalue weighted by atomic mass is 35.5. The van der Waals surface area contributed by atoms with Gasteiger partial charge in [0.2, 0.25) is 5.91 Å². The monoisotopic (exact) mass is 256 g/mol. The Morgan fingerprint density at radius 1 is 1.47 bits per heavy atom. The van der Waals surface area contributed by atoms with Gasteiger partial charge >= 0.3 is 0 Å². The van der Waals surface area contributed by atoms with Crippen molar-refractivity contribution in [2.24, 2.45) is 0 Å². The van der Waals surface area contributed by atoms with E-state index in [2.05, 4.69) is 5.32 Å². The third-order valence-electron chi connectivity index (χ3n) is 2.11. The molecule has 0 aliphatic rings. The lowest BCUT2D eigenvalue weighted by atomic mass is 10.2. The number of benzene rings is 1. The molecular weight excluding hydrogens is 240 g/mol.